The van der Waals surface area contributed by atoms with E-state index in [-0.39, 0.29) is 117 Å². The highest BCUT2D eigenvalue weighted by Crippen LogP contribution is 2.44. The number of carbonyl (C=O) groups is 7. The summed E-state index contributed by atoms with van der Waals surface area (Å²) in [7, 11) is 2.84. The van der Waals surface area contributed by atoms with E-state index in [4.69, 9.17) is 39.9 Å². The Labute approximate surface area is 463 Å². The van der Waals surface area contributed by atoms with E-state index >= 15 is 0 Å². The van der Waals surface area contributed by atoms with Gasteiger partial charge in [0, 0.05) is 37.5 Å². The van der Waals surface area contributed by atoms with Crippen molar-refractivity contribution in [3.8, 4) is 23.0 Å². The van der Waals surface area contributed by atoms with Gasteiger partial charge in [-0.3, -0.25) is 19.2 Å². The number of nitrogens with one attached hydrogen (secondary N) is 3. The molecule has 80 heavy (non-hydrogen) atoms. The first kappa shape index (κ1) is 59.3. The van der Waals surface area contributed by atoms with Crippen molar-refractivity contribution in [3.05, 3.63) is 102 Å². The van der Waals surface area contributed by atoms with E-state index in [1.54, 1.807) is 38.1 Å². The van der Waals surface area contributed by atoms with Crippen LogP contribution >= 0.6 is 0 Å². The molecule has 0 aliphatic carbocycles. The first-order valence-corrected chi connectivity index (χ1v) is 26.3. The highest BCUT2D eigenvalue weighted by Gasteiger charge is 2.48. The predicted octanol–water partition coefficient (Wildman–Crippen LogP) is 4.66. The summed E-state index contributed by atoms with van der Waals surface area (Å²) in [6, 6.07) is 8.09. The molecule has 6 atom stereocenters. The number of ether oxygens (including phenoxy) is 6. The minimum atomic E-state index is -1.56. The summed E-state index contributed by atoms with van der Waals surface area (Å²) in [5.41, 5.74) is 13.8. The Kier molecular flexibility index (Phi) is 19.7. The second kappa shape index (κ2) is 26.5. The van der Waals surface area contributed by atoms with Crippen molar-refractivity contribution in [2.24, 2.45) is 17.4 Å². The van der Waals surface area contributed by atoms with Crippen LogP contribution in [-0.4, -0.2) is 152 Å². The second-order valence-electron chi connectivity index (χ2n) is 20.1. The lowest BCUT2D eigenvalue weighted by Gasteiger charge is -2.31. The normalized spacial score (nSPS) is 19.1. The van der Waals surface area contributed by atoms with Gasteiger partial charge >= 0.3 is 18.2 Å². The topological polar surface area (TPSA) is 316 Å². The summed E-state index contributed by atoms with van der Waals surface area (Å²) in [4.78, 5) is 98.1. The van der Waals surface area contributed by atoms with Gasteiger partial charge in [0.25, 0.3) is 11.8 Å². The van der Waals surface area contributed by atoms with E-state index < -0.39 is 78.5 Å². The van der Waals surface area contributed by atoms with Crippen LogP contribution in [0.4, 0.5) is 31.4 Å². The number of aliphatic hydroxyl groups excluding tert-OH is 2. The molecule has 2 saturated heterocycles. The van der Waals surface area contributed by atoms with Crippen LogP contribution in [-0.2, 0) is 25.7 Å². The summed E-state index contributed by atoms with van der Waals surface area (Å²) in [6.45, 7) is 15.7. The van der Waals surface area contributed by atoms with Crippen molar-refractivity contribution in [1.82, 2.24) is 20.4 Å². The number of benzene rings is 3. The van der Waals surface area contributed by atoms with Crippen LogP contribution in [0.5, 0.6) is 23.0 Å². The number of urea groups is 1. The molecule has 0 aromatic heterocycles. The van der Waals surface area contributed by atoms with E-state index in [9.17, 15) is 43.8 Å². The Balaban J connectivity index is 1.000. The van der Waals surface area contributed by atoms with Crippen molar-refractivity contribution in [3.63, 3.8) is 0 Å². The van der Waals surface area contributed by atoms with Crippen LogP contribution in [0.15, 0.2) is 85.5 Å². The molecule has 430 valence electrons. The lowest BCUT2D eigenvalue weighted by atomic mass is 10.0. The largest absolute Gasteiger partial charge is 0.493 e. The van der Waals surface area contributed by atoms with Gasteiger partial charge in [-0.1, -0.05) is 62.9 Å². The van der Waals surface area contributed by atoms with Crippen molar-refractivity contribution in [1.29, 1.82) is 0 Å². The number of amides is 8. The van der Waals surface area contributed by atoms with E-state index in [2.05, 4.69) is 35.7 Å². The molecule has 24 nitrogen and oxygen atoms in total. The molecule has 0 unspecified atom stereocenters. The fourth-order valence-corrected chi connectivity index (χ4v) is 9.80. The molecule has 24 heteroatoms. The molecule has 4 aliphatic heterocycles. The van der Waals surface area contributed by atoms with Crippen LogP contribution in [0, 0.1) is 5.92 Å². The van der Waals surface area contributed by atoms with Gasteiger partial charge in [0.05, 0.1) is 68.1 Å². The predicted molar refractivity (Wildman–Crippen MR) is 293 cm³/mol. The molecule has 4 heterocycles. The summed E-state index contributed by atoms with van der Waals surface area (Å²) >= 11 is 0. The average Bonchev–Trinajstić information content (AvgIpc) is 4.00. The number of unbranched alkanes of at least 4 members (excludes halogenated alkanes) is 2. The average molecular weight is 1110 g/mol. The van der Waals surface area contributed by atoms with Crippen molar-refractivity contribution >= 4 is 58.9 Å². The van der Waals surface area contributed by atoms with Crippen LogP contribution in [0.25, 0.3) is 0 Å². The first-order chi connectivity index (χ1) is 38.3. The number of aliphatic hydroxyl groups is 2. The molecule has 0 saturated carbocycles. The van der Waals surface area contributed by atoms with Crippen LogP contribution in [0.1, 0.15) is 85.1 Å². The van der Waals surface area contributed by atoms with Gasteiger partial charge in [0.2, 0.25) is 11.8 Å². The van der Waals surface area contributed by atoms with E-state index in [0.717, 1.165) is 15.4 Å². The number of nitrogens with zero attached hydrogens (tertiary/aromatic N) is 4. The smallest absolute Gasteiger partial charge is 0.416 e. The Hall–Kier alpha value is -8.35. The van der Waals surface area contributed by atoms with Gasteiger partial charge < -0.3 is 75.9 Å². The summed E-state index contributed by atoms with van der Waals surface area (Å²) in [6.07, 6.45) is -0.840. The molecule has 0 bridgehead atoms. The maximum Gasteiger partial charge on any atom is 0.416 e. The monoisotopic (exact) mass is 1110 g/mol. The summed E-state index contributed by atoms with van der Waals surface area (Å²) in [5.74, 6) is -1.26. The number of anilines is 3. The summed E-state index contributed by atoms with van der Waals surface area (Å²) in [5, 5.41) is 31.4. The number of carbonyl (C=O) groups excluding carboxylic acids is 7. The van der Waals surface area contributed by atoms with Gasteiger partial charge in [-0.25, -0.2) is 24.2 Å². The van der Waals surface area contributed by atoms with E-state index in [0.29, 0.717) is 42.5 Å². The Morgan fingerprint density at radius 2 is 1.25 bits per heavy atom. The maximum atomic E-state index is 14.2. The zero-order valence-electron chi connectivity index (χ0n) is 45.4. The number of hydrogen-bond donors (Lipinski definition) is 7. The number of nitrogens with two attached hydrogens (primary N) is 2. The molecule has 0 spiro atoms. The Morgan fingerprint density at radius 1 is 0.738 bits per heavy atom. The molecule has 3 aromatic rings. The van der Waals surface area contributed by atoms with Gasteiger partial charge in [-0.15, -0.1) is 0 Å². The quantitative estimate of drug-likeness (QED) is 0.0501. The minimum Gasteiger partial charge on any atom is -0.493 e. The van der Waals surface area contributed by atoms with Crippen molar-refractivity contribution in [2.45, 2.75) is 102 Å². The highest BCUT2D eigenvalue weighted by atomic mass is 16.6. The fraction of sp³-hybridized carbons (Fsp3) is 0.446. The van der Waals surface area contributed by atoms with Gasteiger partial charge in [-0.05, 0) is 80.7 Å². The van der Waals surface area contributed by atoms with Crippen molar-refractivity contribution in [2.75, 3.05) is 68.8 Å². The third kappa shape index (κ3) is 13.5. The van der Waals surface area contributed by atoms with Crippen LogP contribution < -0.4 is 56.2 Å². The maximum absolute atomic E-state index is 14.2. The molecular formula is C56H71N9O15. The van der Waals surface area contributed by atoms with Crippen LogP contribution in [0.3, 0.4) is 0 Å². The number of rotatable bonds is 23. The molecule has 0 radical (unpaired) electrons. The van der Waals surface area contributed by atoms with Gasteiger partial charge in [0.1, 0.15) is 19.3 Å². The number of methoxy groups -OCH3 is 2. The van der Waals surface area contributed by atoms with Gasteiger partial charge in [-0.2, -0.15) is 0 Å². The molecule has 9 N–H and O–H groups in total. The van der Waals surface area contributed by atoms with E-state index in [1.165, 1.54) is 54.4 Å². The first-order valence-electron chi connectivity index (χ1n) is 26.3. The molecule has 4 aliphatic rings. The Morgan fingerprint density at radius 3 is 1.73 bits per heavy atom. The molecular weight excluding hydrogens is 1040 g/mol. The zero-order chi connectivity index (χ0) is 57.9. The SMILES string of the molecule is C=CCOC(=O)N1c2cc(OCCCCCOc3cc4c(cc3OC)C(=O)N3CC(=C)C[C@H]3[C@H](O)N4C(=O)OCc3ccc(NC(=O)[C@H](CCCNC(N)=O)NC(=O)[C@@H](N)C(C)C)cc3)c(OC)cc2C(=O)N2CC(=C)C[C@H]2[C@@H]1O. The third-order valence-electron chi connectivity index (χ3n) is 14.1. The number of fused-ring (bicyclic) bond motifs is 4. The standard InChI is InChI=1S/C56H71N9O15/c1-8-19-79-55(73)64-39-26-45(43(75-6)24-36(39)50(68)62-28-32(4)22-41(62)52(64)70)77-20-10-9-11-21-78-46-27-40-37(25-44(46)76-7)51(69)63-29-33(5)23-42(63)53(71)65(40)56(74)80-30-34-14-16-35(17-15-34)60-48(66)38(13-12-18-59-54(58)72)61-49(67)47(57)31(2)3/h8,14-17,24-27,31,38,41-42,47,52-53,70-71H,1,4-5,9-13,18-23,28-30,57H2,2-3,6-7H3,(H,60,66)(H,61,67)(H3,58,59,72)/t38-,41-,42-,47-,52-,53-/m0/s1. The molecule has 2 fully saturated rings. The third-order valence-corrected chi connectivity index (χ3v) is 14.1. The second-order valence-corrected chi connectivity index (χ2v) is 20.1. The van der Waals surface area contributed by atoms with Gasteiger partial charge in [0.15, 0.2) is 35.5 Å². The highest BCUT2D eigenvalue weighted by molar-refractivity contribution is 6.07. The zero-order valence-corrected chi connectivity index (χ0v) is 45.4. The lowest BCUT2D eigenvalue weighted by molar-refractivity contribution is -0.128. The number of primary amides is 1. The number of hydrogen-bond acceptors (Lipinski definition) is 16. The summed E-state index contributed by atoms with van der Waals surface area (Å²) < 4.78 is 34.8. The Bertz CT molecular complexity index is 2860. The minimum absolute atomic E-state index is 0.0264. The fourth-order valence-electron chi connectivity index (χ4n) is 9.80. The van der Waals surface area contributed by atoms with Crippen LogP contribution in [0.2, 0.25) is 0 Å². The molecule has 8 amide bonds. The molecule has 3 aromatic carbocycles. The lowest BCUT2D eigenvalue weighted by Crippen LogP contribution is -2.51. The molecule has 7 rings (SSSR count). The van der Waals surface area contributed by atoms with E-state index in [1.807, 2.05) is 0 Å². The van der Waals surface area contributed by atoms with Crippen molar-refractivity contribution < 1.29 is 72.2 Å².